The quantitative estimate of drug-likeness (QED) is 0.718. The average Bonchev–Trinajstić information content (AvgIpc) is 2.89. The fraction of sp³-hybridized carbons (Fsp3) is 0.308. The molecule has 3 rings (SSSR count). The third-order valence-corrected chi connectivity index (χ3v) is 3.22. The molecule has 1 amide bonds. The second-order valence-electron chi connectivity index (χ2n) is 4.48. The van der Waals surface area contributed by atoms with Gasteiger partial charge in [-0.15, -0.1) is 0 Å². The molecule has 0 fully saturated rings. The normalized spacial score (nSPS) is 22.1. The van der Waals surface area contributed by atoms with Crippen molar-refractivity contribution < 1.29 is 4.79 Å². The lowest BCUT2D eigenvalue weighted by atomic mass is 10.0. The van der Waals surface area contributed by atoms with Crippen LogP contribution in [0.5, 0.6) is 0 Å². The SMILES string of the molecule is CC1NC(=O)c2ccc(NC3=CCNC3)cc21. The van der Waals surface area contributed by atoms with Crippen LogP contribution >= 0.6 is 0 Å². The maximum atomic E-state index is 11.6. The van der Waals surface area contributed by atoms with Crippen molar-refractivity contribution in [2.24, 2.45) is 0 Å². The van der Waals surface area contributed by atoms with Crippen LogP contribution in [0, 0.1) is 0 Å². The van der Waals surface area contributed by atoms with E-state index in [0.717, 1.165) is 29.9 Å². The molecule has 88 valence electrons. The summed E-state index contributed by atoms with van der Waals surface area (Å²) in [6.07, 6.45) is 2.14. The molecule has 0 saturated heterocycles. The van der Waals surface area contributed by atoms with E-state index in [1.165, 1.54) is 5.70 Å². The summed E-state index contributed by atoms with van der Waals surface area (Å²) in [7, 11) is 0. The van der Waals surface area contributed by atoms with Crippen LogP contribution in [0.1, 0.15) is 28.9 Å². The molecule has 2 heterocycles. The van der Waals surface area contributed by atoms with Crippen molar-refractivity contribution in [3.8, 4) is 0 Å². The number of carbonyl (C=O) groups excluding carboxylic acids is 1. The van der Waals surface area contributed by atoms with Gasteiger partial charge in [-0.05, 0) is 30.7 Å². The van der Waals surface area contributed by atoms with Crippen LogP contribution in [0.4, 0.5) is 5.69 Å². The van der Waals surface area contributed by atoms with Crippen LogP contribution in [0.3, 0.4) is 0 Å². The average molecular weight is 229 g/mol. The number of carbonyl (C=O) groups is 1. The summed E-state index contributed by atoms with van der Waals surface area (Å²) in [5.74, 6) is 0.0285. The van der Waals surface area contributed by atoms with Crippen molar-refractivity contribution in [2.45, 2.75) is 13.0 Å². The largest absolute Gasteiger partial charge is 0.358 e. The molecule has 0 radical (unpaired) electrons. The molecule has 2 aliphatic rings. The van der Waals surface area contributed by atoms with E-state index in [0.29, 0.717) is 0 Å². The van der Waals surface area contributed by atoms with Gasteiger partial charge in [-0.2, -0.15) is 0 Å². The van der Waals surface area contributed by atoms with Gasteiger partial charge in [-0.1, -0.05) is 6.08 Å². The summed E-state index contributed by atoms with van der Waals surface area (Å²) < 4.78 is 0. The second-order valence-corrected chi connectivity index (χ2v) is 4.48. The Balaban J connectivity index is 1.88. The number of amides is 1. The van der Waals surface area contributed by atoms with E-state index < -0.39 is 0 Å². The fourth-order valence-electron chi connectivity index (χ4n) is 2.31. The molecule has 4 heteroatoms. The minimum Gasteiger partial charge on any atom is -0.358 e. The molecule has 4 nitrogen and oxygen atoms in total. The molecule has 1 unspecified atom stereocenters. The van der Waals surface area contributed by atoms with E-state index in [1.54, 1.807) is 0 Å². The molecule has 1 aromatic rings. The Morgan fingerprint density at radius 3 is 3.06 bits per heavy atom. The van der Waals surface area contributed by atoms with E-state index in [-0.39, 0.29) is 11.9 Å². The highest BCUT2D eigenvalue weighted by atomic mass is 16.2. The zero-order valence-corrected chi connectivity index (χ0v) is 9.71. The lowest BCUT2D eigenvalue weighted by Gasteiger charge is -2.09. The Morgan fingerprint density at radius 2 is 2.29 bits per heavy atom. The molecule has 0 bridgehead atoms. The van der Waals surface area contributed by atoms with Crippen molar-refractivity contribution in [3.05, 3.63) is 41.1 Å². The standard InChI is InChI=1S/C13H15N3O/c1-8-12-6-9(16-10-4-5-14-7-10)2-3-11(12)13(17)15-8/h2-4,6,8,14,16H,5,7H2,1H3,(H,15,17). The number of benzene rings is 1. The number of nitrogens with one attached hydrogen (secondary N) is 3. The summed E-state index contributed by atoms with van der Waals surface area (Å²) in [5, 5.41) is 9.51. The maximum Gasteiger partial charge on any atom is 0.252 e. The molecule has 0 spiro atoms. The highest BCUT2D eigenvalue weighted by molar-refractivity contribution is 5.99. The smallest absolute Gasteiger partial charge is 0.252 e. The van der Waals surface area contributed by atoms with E-state index >= 15 is 0 Å². The number of hydrogen-bond donors (Lipinski definition) is 3. The van der Waals surface area contributed by atoms with Gasteiger partial charge >= 0.3 is 0 Å². The molecule has 0 saturated carbocycles. The Hall–Kier alpha value is -1.81. The first-order valence-electron chi connectivity index (χ1n) is 5.85. The maximum absolute atomic E-state index is 11.6. The van der Waals surface area contributed by atoms with Gasteiger partial charge in [0.15, 0.2) is 0 Å². The molecule has 3 N–H and O–H groups in total. The van der Waals surface area contributed by atoms with Crippen LogP contribution in [-0.2, 0) is 0 Å². The van der Waals surface area contributed by atoms with Gasteiger partial charge in [0.05, 0.1) is 6.04 Å². The van der Waals surface area contributed by atoms with E-state index in [9.17, 15) is 4.79 Å². The van der Waals surface area contributed by atoms with Crippen molar-refractivity contribution in [3.63, 3.8) is 0 Å². The minimum atomic E-state index is 0.0285. The van der Waals surface area contributed by atoms with Gasteiger partial charge in [0.1, 0.15) is 0 Å². The Bertz CT molecular complexity index is 507. The zero-order valence-electron chi connectivity index (χ0n) is 9.71. The van der Waals surface area contributed by atoms with Crippen molar-refractivity contribution in [1.82, 2.24) is 10.6 Å². The van der Waals surface area contributed by atoms with E-state index in [1.807, 2.05) is 19.1 Å². The predicted molar refractivity (Wildman–Crippen MR) is 66.9 cm³/mol. The summed E-state index contributed by atoms with van der Waals surface area (Å²) in [5.41, 5.74) is 4.10. The lowest BCUT2D eigenvalue weighted by molar-refractivity contribution is 0.0958. The van der Waals surface area contributed by atoms with Crippen LogP contribution in [0.15, 0.2) is 30.0 Å². The molecule has 1 atom stereocenters. The molecular weight excluding hydrogens is 214 g/mol. The lowest BCUT2D eigenvalue weighted by Crippen LogP contribution is -2.16. The van der Waals surface area contributed by atoms with E-state index in [2.05, 4.69) is 28.1 Å². The third-order valence-electron chi connectivity index (χ3n) is 3.22. The number of anilines is 1. The summed E-state index contributed by atoms with van der Waals surface area (Å²) in [6.45, 7) is 3.80. The predicted octanol–water partition coefficient (Wildman–Crippen LogP) is 1.39. The van der Waals surface area contributed by atoms with Gasteiger partial charge in [0.2, 0.25) is 0 Å². The molecule has 0 aliphatic carbocycles. The van der Waals surface area contributed by atoms with Crippen LogP contribution < -0.4 is 16.0 Å². The van der Waals surface area contributed by atoms with Gasteiger partial charge in [-0.3, -0.25) is 4.79 Å². The summed E-state index contributed by atoms with van der Waals surface area (Å²) >= 11 is 0. The molecule has 17 heavy (non-hydrogen) atoms. The highest BCUT2D eigenvalue weighted by Gasteiger charge is 2.25. The molecular formula is C13H15N3O. The Labute approximate surface area is 100 Å². The summed E-state index contributed by atoms with van der Waals surface area (Å²) in [6, 6.07) is 6.00. The van der Waals surface area contributed by atoms with Crippen molar-refractivity contribution in [1.29, 1.82) is 0 Å². The zero-order chi connectivity index (χ0) is 11.8. The van der Waals surface area contributed by atoms with Crippen LogP contribution in [-0.4, -0.2) is 19.0 Å². The number of rotatable bonds is 2. The number of fused-ring (bicyclic) bond motifs is 1. The van der Waals surface area contributed by atoms with Gasteiger partial charge in [0.25, 0.3) is 5.91 Å². The van der Waals surface area contributed by atoms with Gasteiger partial charge in [0, 0.05) is 30.0 Å². The second kappa shape index (κ2) is 3.89. The third kappa shape index (κ3) is 1.80. The van der Waals surface area contributed by atoms with Gasteiger partial charge < -0.3 is 16.0 Å². The minimum absolute atomic E-state index is 0.0285. The highest BCUT2D eigenvalue weighted by Crippen LogP contribution is 2.28. The molecule has 2 aliphatic heterocycles. The van der Waals surface area contributed by atoms with Crippen LogP contribution in [0.2, 0.25) is 0 Å². The number of hydrogen-bond acceptors (Lipinski definition) is 3. The molecule has 0 aromatic heterocycles. The topological polar surface area (TPSA) is 53.2 Å². The monoisotopic (exact) mass is 229 g/mol. The van der Waals surface area contributed by atoms with Crippen molar-refractivity contribution >= 4 is 11.6 Å². The summed E-state index contributed by atoms with van der Waals surface area (Å²) in [4.78, 5) is 11.6. The van der Waals surface area contributed by atoms with E-state index in [4.69, 9.17) is 0 Å². The van der Waals surface area contributed by atoms with Crippen molar-refractivity contribution in [2.75, 3.05) is 18.4 Å². The van der Waals surface area contributed by atoms with Crippen LogP contribution in [0.25, 0.3) is 0 Å². The first-order chi connectivity index (χ1) is 8.24. The molecule has 1 aromatic carbocycles. The fourth-order valence-corrected chi connectivity index (χ4v) is 2.31. The van der Waals surface area contributed by atoms with Gasteiger partial charge in [-0.25, -0.2) is 0 Å². The Morgan fingerprint density at radius 1 is 1.41 bits per heavy atom. The first-order valence-corrected chi connectivity index (χ1v) is 5.85. The Kier molecular flexibility index (Phi) is 2.37. The first kappa shape index (κ1) is 10.4.